The van der Waals surface area contributed by atoms with Crippen LogP contribution < -0.4 is 10.6 Å². The molecule has 0 atom stereocenters. The third kappa shape index (κ3) is 2.77. The molecular formula is C16H13F3N2O. The fourth-order valence-electron chi connectivity index (χ4n) is 2.44. The molecule has 3 nitrogen and oxygen atoms in total. The number of anilines is 1. The Morgan fingerprint density at radius 1 is 1.14 bits per heavy atom. The quantitative estimate of drug-likeness (QED) is 0.915. The molecule has 3 rings (SSSR count). The number of amides is 1. The van der Waals surface area contributed by atoms with Gasteiger partial charge in [-0.15, -0.1) is 0 Å². The van der Waals surface area contributed by atoms with Gasteiger partial charge >= 0.3 is 0 Å². The van der Waals surface area contributed by atoms with Crippen LogP contribution in [0.2, 0.25) is 0 Å². The van der Waals surface area contributed by atoms with Crippen LogP contribution in [-0.2, 0) is 13.0 Å². The van der Waals surface area contributed by atoms with E-state index < -0.39 is 23.4 Å². The van der Waals surface area contributed by atoms with Crippen LogP contribution in [0.15, 0.2) is 30.3 Å². The number of benzene rings is 2. The average Bonchev–Trinajstić information content (AvgIpc) is 2.93. The molecule has 0 fully saturated rings. The lowest BCUT2D eigenvalue weighted by molar-refractivity contribution is 0.0950. The van der Waals surface area contributed by atoms with E-state index in [1.165, 1.54) is 0 Å². The molecule has 0 saturated carbocycles. The number of nitrogens with one attached hydrogen (secondary N) is 2. The third-order valence-corrected chi connectivity index (χ3v) is 3.61. The van der Waals surface area contributed by atoms with Crippen molar-refractivity contribution >= 4 is 11.6 Å². The monoisotopic (exact) mass is 306 g/mol. The van der Waals surface area contributed by atoms with Crippen LogP contribution in [0.3, 0.4) is 0 Å². The molecule has 0 saturated heterocycles. The van der Waals surface area contributed by atoms with Crippen LogP contribution in [0.25, 0.3) is 0 Å². The molecular weight excluding hydrogens is 293 g/mol. The largest absolute Gasteiger partial charge is 0.384 e. The standard InChI is InChI=1S/C16H13F3N2O/c17-11-6-13(18)12(14(19)7-11)8-21-16(22)10-2-1-9-3-4-20-15(9)5-10/h1-2,5-7,20H,3-4,8H2,(H,21,22). The highest BCUT2D eigenvalue weighted by atomic mass is 19.1. The maximum absolute atomic E-state index is 13.5. The summed E-state index contributed by atoms with van der Waals surface area (Å²) in [5.41, 5.74) is 2.06. The lowest BCUT2D eigenvalue weighted by Crippen LogP contribution is -2.24. The van der Waals surface area contributed by atoms with Crippen molar-refractivity contribution < 1.29 is 18.0 Å². The van der Waals surface area contributed by atoms with Gasteiger partial charge in [0.25, 0.3) is 5.91 Å². The molecule has 6 heteroatoms. The first kappa shape index (κ1) is 14.4. The van der Waals surface area contributed by atoms with E-state index in [0.29, 0.717) is 17.7 Å². The highest BCUT2D eigenvalue weighted by Crippen LogP contribution is 2.23. The molecule has 0 radical (unpaired) electrons. The van der Waals surface area contributed by atoms with Crippen molar-refractivity contribution in [3.8, 4) is 0 Å². The zero-order valence-electron chi connectivity index (χ0n) is 11.6. The van der Waals surface area contributed by atoms with Gasteiger partial charge in [0.1, 0.15) is 17.5 Å². The maximum Gasteiger partial charge on any atom is 0.251 e. The lowest BCUT2D eigenvalue weighted by Gasteiger charge is -2.09. The molecule has 0 aliphatic carbocycles. The molecule has 1 amide bonds. The Kier molecular flexibility index (Phi) is 3.75. The third-order valence-electron chi connectivity index (χ3n) is 3.61. The van der Waals surface area contributed by atoms with Crippen molar-refractivity contribution in [2.45, 2.75) is 13.0 Å². The molecule has 0 bridgehead atoms. The number of hydrogen-bond donors (Lipinski definition) is 2. The molecule has 114 valence electrons. The first-order valence-electron chi connectivity index (χ1n) is 6.83. The number of rotatable bonds is 3. The summed E-state index contributed by atoms with van der Waals surface area (Å²) in [6.07, 6.45) is 0.906. The topological polar surface area (TPSA) is 41.1 Å². The lowest BCUT2D eigenvalue weighted by atomic mass is 10.1. The second kappa shape index (κ2) is 5.71. The van der Waals surface area contributed by atoms with Gasteiger partial charge in [-0.25, -0.2) is 13.2 Å². The van der Waals surface area contributed by atoms with Crippen LogP contribution in [0.5, 0.6) is 0 Å². The molecule has 1 heterocycles. The van der Waals surface area contributed by atoms with Crippen LogP contribution in [-0.4, -0.2) is 12.5 Å². The Balaban J connectivity index is 1.73. The molecule has 0 spiro atoms. The van der Waals surface area contributed by atoms with Gasteiger partial charge in [-0.3, -0.25) is 4.79 Å². The summed E-state index contributed by atoms with van der Waals surface area (Å²) in [6.45, 7) is 0.480. The highest BCUT2D eigenvalue weighted by Gasteiger charge is 2.15. The normalized spacial score (nSPS) is 12.7. The van der Waals surface area contributed by atoms with E-state index in [-0.39, 0.29) is 12.1 Å². The maximum atomic E-state index is 13.5. The Bertz CT molecular complexity index is 723. The molecule has 1 aliphatic rings. The first-order valence-corrected chi connectivity index (χ1v) is 6.83. The molecule has 2 aromatic carbocycles. The van der Waals surface area contributed by atoms with Crippen molar-refractivity contribution in [2.75, 3.05) is 11.9 Å². The minimum absolute atomic E-state index is 0.346. The minimum Gasteiger partial charge on any atom is -0.384 e. The Morgan fingerprint density at radius 2 is 1.86 bits per heavy atom. The fourth-order valence-corrected chi connectivity index (χ4v) is 2.44. The molecule has 1 aliphatic heterocycles. The summed E-state index contributed by atoms with van der Waals surface area (Å²) in [7, 11) is 0. The predicted molar refractivity (Wildman–Crippen MR) is 76.1 cm³/mol. The zero-order chi connectivity index (χ0) is 15.7. The van der Waals surface area contributed by atoms with Gasteiger partial charge in [-0.2, -0.15) is 0 Å². The number of halogens is 3. The number of carbonyl (C=O) groups excluding carboxylic acids is 1. The smallest absolute Gasteiger partial charge is 0.251 e. The van der Waals surface area contributed by atoms with Crippen LogP contribution in [0.4, 0.5) is 18.9 Å². The van der Waals surface area contributed by atoms with E-state index in [1.54, 1.807) is 12.1 Å². The zero-order valence-corrected chi connectivity index (χ0v) is 11.6. The summed E-state index contributed by atoms with van der Waals surface area (Å²) in [4.78, 5) is 12.0. The second-order valence-corrected chi connectivity index (χ2v) is 5.08. The van der Waals surface area contributed by atoms with Gasteiger partial charge in [0.2, 0.25) is 0 Å². The Hall–Kier alpha value is -2.50. The molecule has 2 aromatic rings. The van der Waals surface area contributed by atoms with Gasteiger partial charge in [0.05, 0.1) is 0 Å². The second-order valence-electron chi connectivity index (χ2n) is 5.08. The van der Waals surface area contributed by atoms with Gasteiger partial charge in [0.15, 0.2) is 0 Å². The van der Waals surface area contributed by atoms with E-state index in [9.17, 15) is 18.0 Å². The Morgan fingerprint density at radius 3 is 2.59 bits per heavy atom. The van der Waals surface area contributed by atoms with E-state index in [2.05, 4.69) is 10.6 Å². The van der Waals surface area contributed by atoms with Crippen molar-refractivity contribution in [3.63, 3.8) is 0 Å². The van der Waals surface area contributed by atoms with Crippen molar-refractivity contribution in [1.29, 1.82) is 0 Å². The van der Waals surface area contributed by atoms with Crippen molar-refractivity contribution in [1.82, 2.24) is 5.32 Å². The number of hydrogen-bond acceptors (Lipinski definition) is 2. The molecule has 0 unspecified atom stereocenters. The first-order chi connectivity index (χ1) is 10.5. The molecule has 2 N–H and O–H groups in total. The van der Waals surface area contributed by atoms with E-state index in [1.807, 2.05) is 6.07 Å². The van der Waals surface area contributed by atoms with E-state index in [4.69, 9.17) is 0 Å². The van der Waals surface area contributed by atoms with Gasteiger partial charge in [-0.05, 0) is 24.1 Å². The van der Waals surface area contributed by atoms with Crippen LogP contribution >= 0.6 is 0 Å². The van der Waals surface area contributed by atoms with Gasteiger partial charge < -0.3 is 10.6 Å². The summed E-state index contributed by atoms with van der Waals surface area (Å²) in [6, 6.07) is 6.39. The summed E-state index contributed by atoms with van der Waals surface area (Å²) < 4.78 is 39.8. The fraction of sp³-hybridized carbons (Fsp3) is 0.188. The van der Waals surface area contributed by atoms with Crippen LogP contribution in [0.1, 0.15) is 21.5 Å². The number of fused-ring (bicyclic) bond motifs is 1. The van der Waals surface area contributed by atoms with Crippen molar-refractivity contribution in [2.24, 2.45) is 0 Å². The predicted octanol–water partition coefficient (Wildman–Crippen LogP) is 3.00. The van der Waals surface area contributed by atoms with Crippen molar-refractivity contribution in [3.05, 3.63) is 64.5 Å². The average molecular weight is 306 g/mol. The molecule has 22 heavy (non-hydrogen) atoms. The number of carbonyl (C=O) groups is 1. The molecule has 0 aromatic heterocycles. The van der Waals surface area contributed by atoms with E-state index in [0.717, 1.165) is 24.2 Å². The van der Waals surface area contributed by atoms with E-state index >= 15 is 0 Å². The summed E-state index contributed by atoms with van der Waals surface area (Å²) >= 11 is 0. The van der Waals surface area contributed by atoms with Gasteiger partial charge in [0, 0.05) is 42.0 Å². The van der Waals surface area contributed by atoms with Gasteiger partial charge in [-0.1, -0.05) is 6.07 Å². The highest BCUT2D eigenvalue weighted by molar-refractivity contribution is 5.95. The Labute approximate surface area is 125 Å². The summed E-state index contributed by atoms with van der Waals surface area (Å²) in [5.74, 6) is -3.48. The minimum atomic E-state index is -1.02. The SMILES string of the molecule is O=C(NCc1c(F)cc(F)cc1F)c1ccc2c(c1)NCC2. The van der Waals surface area contributed by atoms with Crippen LogP contribution in [0, 0.1) is 17.5 Å². The summed E-state index contributed by atoms with van der Waals surface area (Å²) in [5, 5.41) is 5.59.